The summed E-state index contributed by atoms with van der Waals surface area (Å²) in [5, 5.41) is 10.8. The van der Waals surface area contributed by atoms with Gasteiger partial charge in [-0.15, -0.1) is 0 Å². The average molecular weight is 406 g/mol. The van der Waals surface area contributed by atoms with E-state index in [9.17, 15) is 9.90 Å². The minimum Gasteiger partial charge on any atom is -0.455 e. The van der Waals surface area contributed by atoms with Crippen LogP contribution in [0, 0.1) is 0 Å². The molecule has 1 aliphatic rings. The van der Waals surface area contributed by atoms with Gasteiger partial charge in [-0.25, -0.2) is 9.97 Å². The average Bonchev–Trinajstić information content (AvgIpc) is 3.16. The molecule has 4 rings (SSSR count). The number of hydrogen-bond acceptors (Lipinski definition) is 7. The molecular weight excluding hydrogens is 380 g/mol. The van der Waals surface area contributed by atoms with Crippen molar-refractivity contribution in [1.29, 1.82) is 0 Å². The summed E-state index contributed by atoms with van der Waals surface area (Å²) in [6, 6.07) is 11.9. The van der Waals surface area contributed by atoms with Gasteiger partial charge >= 0.3 is 0 Å². The Balaban J connectivity index is 1.62. The van der Waals surface area contributed by atoms with E-state index in [1.54, 1.807) is 19.2 Å². The summed E-state index contributed by atoms with van der Waals surface area (Å²) in [5.41, 5.74) is 1.59. The Morgan fingerprint density at radius 2 is 1.97 bits per heavy atom. The summed E-state index contributed by atoms with van der Waals surface area (Å²) in [4.78, 5) is 24.5. The number of aliphatic hydroxyl groups is 1. The van der Waals surface area contributed by atoms with Crippen molar-refractivity contribution in [2.45, 2.75) is 39.0 Å². The monoisotopic (exact) mass is 406 g/mol. The third-order valence-electron chi connectivity index (χ3n) is 5.46. The maximum atomic E-state index is 11.5. The van der Waals surface area contributed by atoms with Crippen molar-refractivity contribution < 1.29 is 14.3 Å². The molecule has 156 valence electrons. The maximum absolute atomic E-state index is 11.5. The van der Waals surface area contributed by atoms with Gasteiger partial charge in [-0.3, -0.25) is 4.79 Å². The third-order valence-corrected chi connectivity index (χ3v) is 5.46. The molecule has 0 radical (unpaired) electrons. The van der Waals surface area contributed by atoms with Crippen LogP contribution >= 0.6 is 0 Å². The van der Waals surface area contributed by atoms with E-state index in [-0.39, 0.29) is 12.1 Å². The van der Waals surface area contributed by atoms with Crippen molar-refractivity contribution in [1.82, 2.24) is 14.9 Å². The van der Waals surface area contributed by atoms with Crippen LogP contribution in [0.25, 0.3) is 16.7 Å². The lowest BCUT2D eigenvalue weighted by Crippen LogP contribution is -2.56. The number of aldehydes is 1. The number of anilines is 1. The largest absolute Gasteiger partial charge is 0.455 e. The zero-order valence-corrected chi connectivity index (χ0v) is 17.4. The van der Waals surface area contributed by atoms with E-state index in [1.807, 2.05) is 36.4 Å². The number of carbonyl (C=O) groups excluding carboxylic acids is 1. The first-order valence-corrected chi connectivity index (χ1v) is 10.2. The molecule has 30 heavy (non-hydrogen) atoms. The molecule has 1 aliphatic heterocycles. The summed E-state index contributed by atoms with van der Waals surface area (Å²) in [5.74, 6) is 1.90. The highest BCUT2D eigenvalue weighted by atomic mass is 16.3. The molecule has 0 saturated carbocycles. The number of fused-ring (bicyclic) bond motifs is 1. The van der Waals surface area contributed by atoms with Gasteiger partial charge in [0.2, 0.25) is 0 Å². The zero-order chi connectivity index (χ0) is 21.3. The molecule has 3 atom stereocenters. The molecule has 7 heteroatoms. The number of rotatable bonds is 5. The van der Waals surface area contributed by atoms with E-state index in [2.05, 4.69) is 33.6 Å². The van der Waals surface area contributed by atoms with Gasteiger partial charge in [-0.1, -0.05) is 18.2 Å². The normalized spacial score (nSPS) is 21.1. The minimum atomic E-state index is -0.712. The van der Waals surface area contributed by atoms with Crippen LogP contribution in [0.1, 0.15) is 38.5 Å². The smallest absolute Gasteiger partial charge is 0.158 e. The lowest BCUT2D eigenvalue weighted by Gasteiger charge is -2.46. The van der Waals surface area contributed by atoms with Crippen LogP contribution in [0.2, 0.25) is 0 Å². The predicted molar refractivity (Wildman–Crippen MR) is 116 cm³/mol. The number of aromatic nitrogens is 2. The van der Waals surface area contributed by atoms with Crippen molar-refractivity contribution in [2.24, 2.45) is 0 Å². The highest BCUT2D eigenvalue weighted by Gasteiger charge is 2.33. The number of piperazine rings is 1. The molecule has 0 unspecified atom stereocenters. The summed E-state index contributed by atoms with van der Waals surface area (Å²) < 4.78 is 6.06. The molecule has 0 bridgehead atoms. The van der Waals surface area contributed by atoms with Crippen LogP contribution < -0.4 is 4.90 Å². The number of hydrogen-bond donors (Lipinski definition) is 1. The van der Waals surface area contributed by atoms with Gasteiger partial charge in [0.25, 0.3) is 0 Å². The fourth-order valence-electron chi connectivity index (χ4n) is 4.19. The lowest BCUT2D eigenvalue weighted by atomic mass is 10.1. The summed E-state index contributed by atoms with van der Waals surface area (Å²) >= 11 is 0. The SMILES string of the molecule is C[C@@H]1CN(c2ccnc([C@@H](C)O)n2)C[C@H](C)N1/C(=C/C=O)c1cc2ccccc2o1. The summed E-state index contributed by atoms with van der Waals surface area (Å²) in [7, 11) is 0. The summed E-state index contributed by atoms with van der Waals surface area (Å²) in [6.45, 7) is 7.35. The first-order valence-electron chi connectivity index (χ1n) is 10.2. The Hall–Kier alpha value is -3.19. The number of aliphatic hydroxyl groups excluding tert-OH is 1. The Labute approximate surface area is 175 Å². The molecule has 1 saturated heterocycles. The molecule has 1 fully saturated rings. The van der Waals surface area contributed by atoms with Crippen molar-refractivity contribution in [3.8, 4) is 0 Å². The van der Waals surface area contributed by atoms with E-state index < -0.39 is 6.10 Å². The van der Waals surface area contributed by atoms with Crippen molar-refractivity contribution in [3.05, 3.63) is 60.3 Å². The van der Waals surface area contributed by atoms with Crippen molar-refractivity contribution in [3.63, 3.8) is 0 Å². The number of para-hydroxylation sites is 1. The third kappa shape index (κ3) is 3.80. The van der Waals surface area contributed by atoms with Gasteiger partial charge in [-0.2, -0.15) is 0 Å². The first-order chi connectivity index (χ1) is 14.5. The highest BCUT2D eigenvalue weighted by molar-refractivity contribution is 5.85. The second-order valence-electron chi connectivity index (χ2n) is 7.80. The number of carbonyl (C=O) groups is 1. The quantitative estimate of drug-likeness (QED) is 0.513. The Morgan fingerprint density at radius 1 is 1.23 bits per heavy atom. The highest BCUT2D eigenvalue weighted by Crippen LogP contribution is 2.32. The van der Waals surface area contributed by atoms with Crippen LogP contribution in [0.4, 0.5) is 5.82 Å². The standard InChI is InChI=1S/C23H26N4O3/c1-15-13-26(22-8-10-24-23(25-22)17(3)29)14-16(2)27(15)19(9-11-28)21-12-18-6-4-5-7-20(18)30-21/h4-12,15-17,29H,13-14H2,1-3H3/b19-9+/t15-,16+,17-/m1/s1. The van der Waals surface area contributed by atoms with Gasteiger partial charge in [0.15, 0.2) is 11.6 Å². The molecule has 0 amide bonds. The van der Waals surface area contributed by atoms with Crippen LogP contribution in [0.5, 0.6) is 0 Å². The van der Waals surface area contributed by atoms with Crippen LogP contribution in [-0.2, 0) is 4.79 Å². The molecule has 1 aromatic carbocycles. The second kappa shape index (κ2) is 8.28. The van der Waals surface area contributed by atoms with E-state index >= 15 is 0 Å². The van der Waals surface area contributed by atoms with Gasteiger partial charge in [0, 0.05) is 42.8 Å². The van der Waals surface area contributed by atoms with Gasteiger partial charge in [0.1, 0.15) is 23.8 Å². The minimum absolute atomic E-state index is 0.109. The van der Waals surface area contributed by atoms with E-state index in [4.69, 9.17) is 4.42 Å². The number of nitrogens with zero attached hydrogens (tertiary/aromatic N) is 4. The Morgan fingerprint density at radius 3 is 2.63 bits per heavy atom. The number of furan rings is 1. The first kappa shape index (κ1) is 20.1. The van der Waals surface area contributed by atoms with Gasteiger partial charge in [-0.05, 0) is 39.0 Å². The zero-order valence-electron chi connectivity index (χ0n) is 17.4. The van der Waals surface area contributed by atoms with Crippen LogP contribution in [0.3, 0.4) is 0 Å². The number of allylic oxidation sites excluding steroid dienone is 1. The molecule has 3 heterocycles. The summed E-state index contributed by atoms with van der Waals surface area (Å²) in [6.07, 6.45) is 3.36. The van der Waals surface area contributed by atoms with E-state index in [0.29, 0.717) is 11.6 Å². The van der Waals surface area contributed by atoms with Gasteiger partial charge < -0.3 is 19.3 Å². The molecule has 0 spiro atoms. The van der Waals surface area contributed by atoms with Crippen LogP contribution in [-0.4, -0.2) is 51.4 Å². The number of benzene rings is 1. The van der Waals surface area contributed by atoms with E-state index in [1.165, 1.54) is 0 Å². The Kier molecular flexibility index (Phi) is 5.55. The fourth-order valence-corrected chi connectivity index (χ4v) is 4.19. The van der Waals surface area contributed by atoms with Crippen LogP contribution in [0.15, 0.2) is 53.1 Å². The second-order valence-corrected chi connectivity index (χ2v) is 7.80. The van der Waals surface area contributed by atoms with E-state index in [0.717, 1.165) is 41.9 Å². The fraction of sp³-hybridized carbons (Fsp3) is 0.348. The topological polar surface area (TPSA) is 82.7 Å². The predicted octanol–water partition coefficient (Wildman–Crippen LogP) is 3.42. The Bertz CT molecular complexity index is 1030. The molecule has 0 aliphatic carbocycles. The molecule has 1 N–H and O–H groups in total. The van der Waals surface area contributed by atoms with Crippen molar-refractivity contribution in [2.75, 3.05) is 18.0 Å². The maximum Gasteiger partial charge on any atom is 0.158 e. The molecule has 2 aromatic heterocycles. The molecule has 3 aromatic rings. The molecular formula is C23H26N4O3. The lowest BCUT2D eigenvalue weighted by molar-refractivity contribution is -0.104. The van der Waals surface area contributed by atoms with Gasteiger partial charge in [0.05, 0.1) is 5.70 Å². The van der Waals surface area contributed by atoms with Crippen molar-refractivity contribution >= 4 is 28.8 Å². The molecule has 7 nitrogen and oxygen atoms in total.